The molecule has 0 atom stereocenters. The summed E-state index contributed by atoms with van der Waals surface area (Å²) in [5, 5.41) is 0. The van der Waals surface area contributed by atoms with Crippen LogP contribution in [0, 0.1) is 12.7 Å². The Balaban J connectivity index is 2.26. The van der Waals surface area contributed by atoms with E-state index in [1.807, 2.05) is 0 Å². The van der Waals surface area contributed by atoms with E-state index in [-0.39, 0.29) is 5.75 Å². The Labute approximate surface area is 135 Å². The number of rotatable bonds is 6. The van der Waals surface area contributed by atoms with Crippen molar-refractivity contribution < 1.29 is 22.3 Å². The number of sulfonamides is 1. The third-order valence-corrected chi connectivity index (χ3v) is 4.56. The van der Waals surface area contributed by atoms with Gasteiger partial charge in [-0.1, -0.05) is 12.1 Å². The summed E-state index contributed by atoms with van der Waals surface area (Å²) in [5.41, 5.74) is 1.51. The molecular formula is C16H18FNO4S. The largest absolute Gasteiger partial charge is 0.496 e. The molecule has 2 rings (SSSR count). The Bertz CT molecular complexity index is 788. The van der Waals surface area contributed by atoms with Crippen LogP contribution in [0.5, 0.6) is 11.5 Å². The quantitative estimate of drug-likeness (QED) is 0.878. The van der Waals surface area contributed by atoms with Crippen molar-refractivity contribution >= 4 is 15.7 Å². The summed E-state index contributed by atoms with van der Waals surface area (Å²) in [6.07, 6.45) is 0. The number of hydrogen-bond donors (Lipinski definition) is 1. The van der Waals surface area contributed by atoms with E-state index in [0.29, 0.717) is 28.3 Å². The van der Waals surface area contributed by atoms with Gasteiger partial charge in [0.05, 0.1) is 25.7 Å². The second-order valence-corrected chi connectivity index (χ2v) is 6.68. The van der Waals surface area contributed by atoms with Crippen LogP contribution in [-0.4, -0.2) is 22.6 Å². The van der Waals surface area contributed by atoms with Crippen molar-refractivity contribution in [3.63, 3.8) is 0 Å². The molecule has 0 spiro atoms. The molecule has 2 aromatic carbocycles. The average molecular weight is 339 g/mol. The van der Waals surface area contributed by atoms with Crippen molar-refractivity contribution in [1.82, 2.24) is 0 Å². The SMILES string of the molecule is COc1ccc(NS(=O)(=O)Cc2ccc(F)cc2)c(OC)c1C. The molecule has 0 amide bonds. The Morgan fingerprint density at radius 3 is 2.26 bits per heavy atom. The summed E-state index contributed by atoms with van der Waals surface area (Å²) in [7, 11) is -0.677. The highest BCUT2D eigenvalue weighted by Gasteiger charge is 2.17. The Kier molecular flexibility index (Phi) is 5.10. The third-order valence-electron chi connectivity index (χ3n) is 3.32. The van der Waals surface area contributed by atoms with Gasteiger partial charge in [0.25, 0.3) is 0 Å². The van der Waals surface area contributed by atoms with Crippen LogP contribution in [0.1, 0.15) is 11.1 Å². The number of nitrogens with one attached hydrogen (secondary N) is 1. The van der Waals surface area contributed by atoms with E-state index in [9.17, 15) is 12.8 Å². The molecule has 5 nitrogen and oxygen atoms in total. The third kappa shape index (κ3) is 4.13. The number of methoxy groups -OCH3 is 2. The molecule has 2 aromatic rings. The van der Waals surface area contributed by atoms with Crippen molar-refractivity contribution in [2.75, 3.05) is 18.9 Å². The van der Waals surface area contributed by atoms with Gasteiger partial charge in [-0.3, -0.25) is 4.72 Å². The lowest BCUT2D eigenvalue weighted by molar-refractivity contribution is 0.390. The van der Waals surface area contributed by atoms with Gasteiger partial charge in [0.1, 0.15) is 17.3 Å². The van der Waals surface area contributed by atoms with Crippen molar-refractivity contribution in [3.8, 4) is 11.5 Å². The highest BCUT2D eigenvalue weighted by atomic mass is 32.2. The van der Waals surface area contributed by atoms with Crippen molar-refractivity contribution in [1.29, 1.82) is 0 Å². The smallest absolute Gasteiger partial charge is 0.237 e. The first kappa shape index (κ1) is 17.1. The van der Waals surface area contributed by atoms with Crippen LogP contribution in [0.3, 0.4) is 0 Å². The number of hydrogen-bond acceptors (Lipinski definition) is 4. The fraction of sp³-hybridized carbons (Fsp3) is 0.250. The van der Waals surface area contributed by atoms with E-state index in [2.05, 4.69) is 4.72 Å². The van der Waals surface area contributed by atoms with Gasteiger partial charge in [-0.2, -0.15) is 0 Å². The lowest BCUT2D eigenvalue weighted by Gasteiger charge is -2.16. The maximum atomic E-state index is 12.9. The van der Waals surface area contributed by atoms with Crippen LogP contribution in [0.15, 0.2) is 36.4 Å². The zero-order valence-corrected chi connectivity index (χ0v) is 13.9. The predicted octanol–water partition coefficient (Wildman–Crippen LogP) is 3.09. The molecule has 0 aliphatic carbocycles. The molecule has 0 aliphatic rings. The molecular weight excluding hydrogens is 321 g/mol. The number of ether oxygens (including phenoxy) is 2. The van der Waals surface area contributed by atoms with Gasteiger partial charge in [-0.15, -0.1) is 0 Å². The van der Waals surface area contributed by atoms with E-state index in [1.165, 1.54) is 38.5 Å². The minimum absolute atomic E-state index is 0.262. The van der Waals surface area contributed by atoms with E-state index in [4.69, 9.17) is 9.47 Å². The molecule has 0 unspecified atom stereocenters. The molecule has 0 fully saturated rings. The van der Waals surface area contributed by atoms with Crippen LogP contribution < -0.4 is 14.2 Å². The molecule has 124 valence electrons. The lowest BCUT2D eigenvalue weighted by Crippen LogP contribution is -2.16. The zero-order chi connectivity index (χ0) is 17.0. The van der Waals surface area contributed by atoms with Gasteiger partial charge in [-0.05, 0) is 36.8 Å². The van der Waals surface area contributed by atoms with Gasteiger partial charge in [-0.25, -0.2) is 12.8 Å². The van der Waals surface area contributed by atoms with Crippen molar-refractivity contribution in [2.24, 2.45) is 0 Å². The Hall–Kier alpha value is -2.28. The molecule has 0 heterocycles. The van der Waals surface area contributed by atoms with Crippen LogP contribution in [-0.2, 0) is 15.8 Å². The molecule has 0 saturated heterocycles. The van der Waals surface area contributed by atoms with Gasteiger partial charge in [0, 0.05) is 5.56 Å². The maximum absolute atomic E-state index is 12.9. The second-order valence-electron chi connectivity index (χ2n) is 4.96. The lowest BCUT2D eigenvalue weighted by atomic mass is 10.2. The highest BCUT2D eigenvalue weighted by molar-refractivity contribution is 7.91. The first-order valence-corrected chi connectivity index (χ1v) is 8.48. The van der Waals surface area contributed by atoms with Gasteiger partial charge < -0.3 is 9.47 Å². The highest BCUT2D eigenvalue weighted by Crippen LogP contribution is 2.35. The summed E-state index contributed by atoms with van der Waals surface area (Å²) in [4.78, 5) is 0. The molecule has 0 aromatic heterocycles. The average Bonchev–Trinajstić information content (AvgIpc) is 2.49. The summed E-state index contributed by atoms with van der Waals surface area (Å²) in [5.74, 6) is 0.323. The molecule has 23 heavy (non-hydrogen) atoms. The van der Waals surface area contributed by atoms with Crippen LogP contribution in [0.4, 0.5) is 10.1 Å². The zero-order valence-electron chi connectivity index (χ0n) is 13.1. The fourth-order valence-electron chi connectivity index (χ4n) is 2.24. The summed E-state index contributed by atoms with van der Waals surface area (Å²) in [6.45, 7) is 1.77. The van der Waals surface area contributed by atoms with Crippen LogP contribution in [0.25, 0.3) is 0 Å². The standard InChI is InChI=1S/C16H18FNO4S/c1-11-15(21-2)9-8-14(16(11)22-3)18-23(19,20)10-12-4-6-13(17)7-5-12/h4-9,18H,10H2,1-3H3. The van der Waals surface area contributed by atoms with Gasteiger partial charge in [0.15, 0.2) is 0 Å². The normalized spacial score (nSPS) is 11.1. The fourth-order valence-corrected chi connectivity index (χ4v) is 3.44. The first-order valence-electron chi connectivity index (χ1n) is 6.83. The molecule has 0 radical (unpaired) electrons. The van der Waals surface area contributed by atoms with Crippen molar-refractivity contribution in [2.45, 2.75) is 12.7 Å². The summed E-state index contributed by atoms with van der Waals surface area (Å²) >= 11 is 0. The van der Waals surface area contributed by atoms with E-state index in [1.54, 1.807) is 19.1 Å². The minimum Gasteiger partial charge on any atom is -0.496 e. The number of benzene rings is 2. The second kappa shape index (κ2) is 6.87. The monoisotopic (exact) mass is 339 g/mol. The van der Waals surface area contributed by atoms with E-state index >= 15 is 0 Å². The Morgan fingerprint density at radius 1 is 1.04 bits per heavy atom. The summed E-state index contributed by atoms with van der Waals surface area (Å²) < 4.78 is 50.4. The maximum Gasteiger partial charge on any atom is 0.237 e. The topological polar surface area (TPSA) is 64.6 Å². The van der Waals surface area contributed by atoms with E-state index in [0.717, 1.165) is 0 Å². The van der Waals surface area contributed by atoms with Gasteiger partial charge in [0.2, 0.25) is 10.0 Å². The molecule has 1 N–H and O–H groups in total. The molecule has 0 aliphatic heterocycles. The van der Waals surface area contributed by atoms with Gasteiger partial charge >= 0.3 is 0 Å². The minimum atomic E-state index is -3.66. The molecule has 0 saturated carbocycles. The first-order chi connectivity index (χ1) is 10.9. The summed E-state index contributed by atoms with van der Waals surface area (Å²) in [6, 6.07) is 8.56. The van der Waals surface area contributed by atoms with Crippen LogP contribution in [0.2, 0.25) is 0 Å². The van der Waals surface area contributed by atoms with Crippen LogP contribution >= 0.6 is 0 Å². The molecule has 7 heteroatoms. The molecule has 0 bridgehead atoms. The van der Waals surface area contributed by atoms with E-state index < -0.39 is 15.8 Å². The Morgan fingerprint density at radius 2 is 1.70 bits per heavy atom. The number of halogens is 1. The van der Waals surface area contributed by atoms with Crippen molar-refractivity contribution in [3.05, 3.63) is 53.3 Å². The number of anilines is 1. The predicted molar refractivity (Wildman–Crippen MR) is 86.9 cm³/mol.